The number of benzene rings is 1. The molecule has 2 amide bonds. The summed E-state index contributed by atoms with van der Waals surface area (Å²) in [5.41, 5.74) is -0.531. The predicted molar refractivity (Wildman–Crippen MR) is 164 cm³/mol. The van der Waals surface area contributed by atoms with Gasteiger partial charge in [0.15, 0.2) is 0 Å². The Hall–Kier alpha value is -1.70. The molecule has 6 nitrogen and oxygen atoms in total. The van der Waals surface area contributed by atoms with Crippen LogP contribution in [0.15, 0.2) is 18.2 Å². The second-order valence-electron chi connectivity index (χ2n) is 12.4. The van der Waals surface area contributed by atoms with E-state index in [2.05, 4.69) is 10.6 Å². The number of likely N-dealkylation sites (tertiary alicyclic amines) is 1. The van der Waals surface area contributed by atoms with E-state index >= 15 is 4.39 Å². The molecule has 0 radical (unpaired) electrons. The summed E-state index contributed by atoms with van der Waals surface area (Å²) in [6.07, 6.45) is 12.9. The third-order valence-electron chi connectivity index (χ3n) is 9.26. The maximum atomic E-state index is 15.8. The van der Waals surface area contributed by atoms with Crippen LogP contribution in [0.3, 0.4) is 0 Å². The molecule has 0 bridgehead atoms. The standard InChI is InChI=1S/C33H53ClFN3O3/c1-4-12-30(39)37-33(18-8-9-20-41-3,28-16-10-17-29(34)32(28)35)27-15-11-19-38(24-27)31(40)22-26(23-36-2)21-25-13-6-5-7-14-25/h10,16-17,25-27,36H,4-9,11-15,18-24H2,1-3H3,(H,37,39)/t26-,27-,33+/m1/s1. The molecule has 0 unspecified atom stereocenters. The highest BCUT2D eigenvalue weighted by Crippen LogP contribution is 2.42. The largest absolute Gasteiger partial charge is 0.385 e. The van der Waals surface area contributed by atoms with Crippen LogP contribution >= 0.6 is 11.6 Å². The molecule has 1 saturated carbocycles. The number of amides is 2. The lowest BCUT2D eigenvalue weighted by molar-refractivity contribution is -0.135. The minimum atomic E-state index is -0.958. The van der Waals surface area contributed by atoms with Gasteiger partial charge in [0.05, 0.1) is 10.6 Å². The van der Waals surface area contributed by atoms with Gasteiger partial charge in [0.2, 0.25) is 11.8 Å². The molecule has 232 valence electrons. The summed E-state index contributed by atoms with van der Waals surface area (Å²) in [6.45, 7) is 4.60. The Morgan fingerprint density at radius 3 is 2.66 bits per heavy atom. The van der Waals surface area contributed by atoms with Crippen molar-refractivity contribution in [3.05, 3.63) is 34.6 Å². The predicted octanol–water partition coefficient (Wildman–Crippen LogP) is 6.84. The quantitative estimate of drug-likeness (QED) is 0.206. The fourth-order valence-corrected chi connectivity index (χ4v) is 7.41. The molecule has 3 rings (SSSR count). The highest BCUT2D eigenvalue weighted by atomic mass is 35.5. The summed E-state index contributed by atoms with van der Waals surface area (Å²) in [5, 5.41) is 6.68. The Labute approximate surface area is 252 Å². The lowest BCUT2D eigenvalue weighted by Crippen LogP contribution is -2.57. The van der Waals surface area contributed by atoms with Crippen LogP contribution in [-0.2, 0) is 19.9 Å². The van der Waals surface area contributed by atoms with Gasteiger partial charge in [-0.2, -0.15) is 0 Å². The fraction of sp³-hybridized carbons (Fsp3) is 0.758. The van der Waals surface area contributed by atoms with Gasteiger partial charge in [0.1, 0.15) is 5.82 Å². The zero-order valence-corrected chi connectivity index (χ0v) is 26.4. The topological polar surface area (TPSA) is 70.7 Å². The van der Waals surface area contributed by atoms with E-state index < -0.39 is 11.4 Å². The molecule has 8 heteroatoms. The van der Waals surface area contributed by atoms with Crippen molar-refractivity contribution in [2.45, 2.75) is 102 Å². The maximum absolute atomic E-state index is 15.8. The first-order valence-electron chi connectivity index (χ1n) is 16.0. The number of hydrogen-bond acceptors (Lipinski definition) is 4. The van der Waals surface area contributed by atoms with Gasteiger partial charge in [-0.3, -0.25) is 9.59 Å². The van der Waals surface area contributed by atoms with E-state index in [0.717, 1.165) is 38.6 Å². The van der Waals surface area contributed by atoms with Crippen molar-refractivity contribution in [3.8, 4) is 0 Å². The first-order chi connectivity index (χ1) is 19.8. The van der Waals surface area contributed by atoms with E-state index in [1.54, 1.807) is 25.3 Å². The molecule has 41 heavy (non-hydrogen) atoms. The number of methoxy groups -OCH3 is 1. The van der Waals surface area contributed by atoms with Crippen molar-refractivity contribution in [1.29, 1.82) is 0 Å². The monoisotopic (exact) mass is 593 g/mol. The minimum Gasteiger partial charge on any atom is -0.385 e. The second-order valence-corrected chi connectivity index (χ2v) is 12.8. The third kappa shape index (κ3) is 9.65. The average Bonchev–Trinajstić information content (AvgIpc) is 2.97. The second kappa shape index (κ2) is 17.4. The van der Waals surface area contributed by atoms with E-state index in [1.807, 2.05) is 18.9 Å². The number of piperidine rings is 1. The Kier molecular flexibility index (Phi) is 14.4. The van der Waals surface area contributed by atoms with Gasteiger partial charge in [0, 0.05) is 51.1 Å². The molecule has 1 aliphatic heterocycles. The van der Waals surface area contributed by atoms with Gasteiger partial charge in [-0.15, -0.1) is 0 Å². The maximum Gasteiger partial charge on any atom is 0.222 e. The number of carbonyl (C=O) groups excluding carboxylic acids is 2. The minimum absolute atomic E-state index is 0.0508. The highest BCUT2D eigenvalue weighted by Gasteiger charge is 2.45. The Morgan fingerprint density at radius 2 is 1.95 bits per heavy atom. The van der Waals surface area contributed by atoms with E-state index in [9.17, 15) is 9.59 Å². The summed E-state index contributed by atoms with van der Waals surface area (Å²) in [5.74, 6) is 0.488. The van der Waals surface area contributed by atoms with Crippen LogP contribution in [0.4, 0.5) is 4.39 Å². The van der Waals surface area contributed by atoms with Crippen LogP contribution in [0.1, 0.15) is 102 Å². The third-order valence-corrected chi connectivity index (χ3v) is 9.55. The van der Waals surface area contributed by atoms with Crippen molar-refractivity contribution in [3.63, 3.8) is 0 Å². The SMILES string of the molecule is CCCC(=O)N[C@](CCCCOC)(c1cccc(Cl)c1F)[C@@H]1CCCN(C(=O)C[C@H](CNC)CC2CCCCC2)C1. The Balaban J connectivity index is 1.87. The van der Waals surface area contributed by atoms with Gasteiger partial charge in [-0.1, -0.05) is 62.8 Å². The van der Waals surface area contributed by atoms with Gasteiger partial charge >= 0.3 is 0 Å². The molecule has 2 aliphatic rings. The van der Waals surface area contributed by atoms with Crippen molar-refractivity contribution in [2.24, 2.45) is 17.8 Å². The molecule has 1 aromatic carbocycles. The number of unbranched alkanes of at least 4 members (excludes halogenated alkanes) is 1. The van der Waals surface area contributed by atoms with Crippen molar-refractivity contribution >= 4 is 23.4 Å². The molecule has 1 aliphatic carbocycles. The number of nitrogens with one attached hydrogen (secondary N) is 2. The molecule has 1 heterocycles. The fourth-order valence-electron chi connectivity index (χ4n) is 7.23. The molecule has 0 spiro atoms. The summed E-state index contributed by atoms with van der Waals surface area (Å²) < 4.78 is 21.1. The number of hydrogen-bond donors (Lipinski definition) is 2. The van der Waals surface area contributed by atoms with Gasteiger partial charge < -0.3 is 20.3 Å². The molecule has 3 atom stereocenters. The van der Waals surface area contributed by atoms with Gasteiger partial charge in [0.25, 0.3) is 0 Å². The number of ether oxygens (including phenoxy) is 1. The lowest BCUT2D eigenvalue weighted by atomic mass is 9.70. The summed E-state index contributed by atoms with van der Waals surface area (Å²) in [4.78, 5) is 29.0. The number of halogens is 2. The number of carbonyl (C=O) groups is 2. The van der Waals surface area contributed by atoms with Crippen molar-refractivity contribution in [2.75, 3.05) is 40.4 Å². The van der Waals surface area contributed by atoms with E-state index in [-0.39, 0.29) is 22.8 Å². The molecule has 2 fully saturated rings. The van der Waals surface area contributed by atoms with Crippen molar-refractivity contribution in [1.82, 2.24) is 15.5 Å². The molecule has 1 aromatic rings. The van der Waals surface area contributed by atoms with Crippen molar-refractivity contribution < 1.29 is 18.7 Å². The number of nitrogens with zero attached hydrogens (tertiary/aromatic N) is 1. The Bertz CT molecular complexity index is 958. The molecule has 0 aromatic heterocycles. The first kappa shape index (κ1) is 33.8. The first-order valence-corrected chi connectivity index (χ1v) is 16.4. The molecule has 2 N–H and O–H groups in total. The van der Waals surface area contributed by atoms with Crippen LogP contribution < -0.4 is 10.6 Å². The van der Waals surface area contributed by atoms with Crippen LogP contribution in [0, 0.1) is 23.6 Å². The zero-order chi connectivity index (χ0) is 29.7. The van der Waals surface area contributed by atoms with Crippen LogP contribution in [0.2, 0.25) is 5.02 Å². The average molecular weight is 594 g/mol. The van der Waals surface area contributed by atoms with Gasteiger partial charge in [-0.05, 0) is 76.4 Å². The van der Waals surface area contributed by atoms with E-state index in [4.69, 9.17) is 16.3 Å². The van der Waals surface area contributed by atoms with Gasteiger partial charge in [-0.25, -0.2) is 4.39 Å². The Morgan fingerprint density at radius 1 is 1.17 bits per heavy atom. The molecular formula is C33H53ClFN3O3. The molecular weight excluding hydrogens is 541 g/mol. The van der Waals surface area contributed by atoms with Crippen LogP contribution in [0.5, 0.6) is 0 Å². The van der Waals surface area contributed by atoms with Crippen LogP contribution in [0.25, 0.3) is 0 Å². The number of rotatable bonds is 16. The summed E-state index contributed by atoms with van der Waals surface area (Å²) in [7, 11) is 3.64. The smallest absolute Gasteiger partial charge is 0.222 e. The molecule has 1 saturated heterocycles. The summed E-state index contributed by atoms with van der Waals surface area (Å²) in [6, 6.07) is 5.07. The van der Waals surface area contributed by atoms with E-state index in [1.165, 1.54) is 32.1 Å². The summed E-state index contributed by atoms with van der Waals surface area (Å²) >= 11 is 6.31. The normalized spacial score (nSPS) is 20.4. The highest BCUT2D eigenvalue weighted by molar-refractivity contribution is 6.30. The lowest BCUT2D eigenvalue weighted by Gasteiger charge is -2.47. The van der Waals surface area contributed by atoms with E-state index in [0.29, 0.717) is 62.8 Å². The van der Waals surface area contributed by atoms with Crippen LogP contribution in [-0.4, -0.2) is 57.1 Å². The zero-order valence-electron chi connectivity index (χ0n) is 25.6.